The minimum atomic E-state index is -0.317. The molecule has 1 aromatic rings. The third-order valence-corrected chi connectivity index (χ3v) is 1.70. The summed E-state index contributed by atoms with van der Waals surface area (Å²) < 4.78 is 0. The second kappa shape index (κ2) is 2.62. The van der Waals surface area contributed by atoms with Gasteiger partial charge >= 0.3 is 0 Å². The SMILES string of the molecule is CC(C)(C)c1cn[nH]c(=O)c1N. The van der Waals surface area contributed by atoms with Gasteiger partial charge in [0.15, 0.2) is 0 Å². The van der Waals surface area contributed by atoms with Crippen LogP contribution in [-0.4, -0.2) is 10.2 Å². The molecule has 66 valence electrons. The van der Waals surface area contributed by atoms with Crippen LogP contribution < -0.4 is 11.3 Å². The molecule has 0 unspecified atom stereocenters. The molecule has 0 fully saturated rings. The first kappa shape index (κ1) is 8.77. The van der Waals surface area contributed by atoms with Crippen LogP contribution in [0.4, 0.5) is 5.69 Å². The van der Waals surface area contributed by atoms with E-state index in [9.17, 15) is 4.79 Å². The average Bonchev–Trinajstić information content (AvgIpc) is 1.92. The van der Waals surface area contributed by atoms with Gasteiger partial charge < -0.3 is 5.73 Å². The Morgan fingerprint density at radius 2 is 2.08 bits per heavy atom. The summed E-state index contributed by atoms with van der Waals surface area (Å²) in [6.45, 7) is 5.96. The number of nitrogen functional groups attached to an aromatic ring is 1. The third-order valence-electron chi connectivity index (χ3n) is 1.70. The van der Waals surface area contributed by atoms with Gasteiger partial charge in [-0.05, 0) is 5.41 Å². The van der Waals surface area contributed by atoms with Crippen molar-refractivity contribution in [2.75, 3.05) is 5.73 Å². The molecule has 0 saturated heterocycles. The predicted molar refractivity (Wildman–Crippen MR) is 48.0 cm³/mol. The van der Waals surface area contributed by atoms with Gasteiger partial charge in [0.2, 0.25) is 0 Å². The summed E-state index contributed by atoms with van der Waals surface area (Å²) in [5, 5.41) is 5.98. The quantitative estimate of drug-likeness (QED) is 0.596. The van der Waals surface area contributed by atoms with Crippen molar-refractivity contribution in [3.8, 4) is 0 Å². The van der Waals surface area contributed by atoms with Crippen LogP contribution in [0.5, 0.6) is 0 Å². The lowest BCUT2D eigenvalue weighted by molar-refractivity contribution is 0.586. The van der Waals surface area contributed by atoms with Gasteiger partial charge in [-0.3, -0.25) is 4.79 Å². The van der Waals surface area contributed by atoms with Crippen molar-refractivity contribution in [1.29, 1.82) is 0 Å². The second-order valence-electron chi connectivity index (χ2n) is 3.78. The molecule has 0 saturated carbocycles. The van der Waals surface area contributed by atoms with Gasteiger partial charge in [-0.25, -0.2) is 5.10 Å². The zero-order chi connectivity index (χ0) is 9.35. The number of nitrogens with one attached hydrogen (secondary N) is 1. The molecule has 4 heteroatoms. The Morgan fingerprint density at radius 1 is 1.50 bits per heavy atom. The normalized spacial score (nSPS) is 11.6. The topological polar surface area (TPSA) is 71.8 Å². The van der Waals surface area contributed by atoms with Gasteiger partial charge in [0.05, 0.1) is 6.20 Å². The predicted octanol–water partition coefficient (Wildman–Crippen LogP) is 0.650. The maximum atomic E-state index is 11.0. The molecular weight excluding hydrogens is 154 g/mol. The molecule has 0 amide bonds. The van der Waals surface area contributed by atoms with E-state index in [1.165, 1.54) is 0 Å². The number of aromatic amines is 1. The molecule has 0 aliphatic carbocycles. The van der Waals surface area contributed by atoms with Crippen LogP contribution in [0.25, 0.3) is 0 Å². The lowest BCUT2D eigenvalue weighted by atomic mass is 9.87. The van der Waals surface area contributed by atoms with Gasteiger partial charge in [0.25, 0.3) is 5.56 Å². The second-order valence-corrected chi connectivity index (χ2v) is 3.78. The number of aromatic nitrogens is 2. The van der Waals surface area contributed by atoms with Crippen molar-refractivity contribution < 1.29 is 0 Å². The lowest BCUT2D eigenvalue weighted by Crippen LogP contribution is -2.22. The Hall–Kier alpha value is -1.32. The standard InChI is InChI=1S/C8H13N3O/c1-8(2,3)5-4-10-11-7(12)6(5)9/h4H,1-3H3,(H2,9,10)(H,11,12). The Morgan fingerprint density at radius 3 is 2.50 bits per heavy atom. The molecule has 1 rings (SSSR count). The van der Waals surface area contributed by atoms with E-state index >= 15 is 0 Å². The maximum absolute atomic E-state index is 11.0. The first-order valence-corrected chi connectivity index (χ1v) is 3.76. The molecule has 0 aromatic carbocycles. The Labute approximate surface area is 70.8 Å². The minimum Gasteiger partial charge on any atom is -0.394 e. The lowest BCUT2D eigenvalue weighted by Gasteiger charge is -2.19. The molecule has 0 aliphatic heterocycles. The van der Waals surface area contributed by atoms with Crippen molar-refractivity contribution in [2.45, 2.75) is 26.2 Å². The highest BCUT2D eigenvalue weighted by molar-refractivity contribution is 5.46. The summed E-state index contributed by atoms with van der Waals surface area (Å²) in [5.41, 5.74) is 6.18. The van der Waals surface area contributed by atoms with Crippen molar-refractivity contribution in [3.05, 3.63) is 22.1 Å². The molecule has 0 radical (unpaired) electrons. The summed E-state index contributed by atoms with van der Waals surface area (Å²) in [5.74, 6) is 0. The Kier molecular flexibility index (Phi) is 1.92. The number of rotatable bonds is 0. The average molecular weight is 167 g/mol. The Balaban J connectivity index is 3.36. The van der Waals surface area contributed by atoms with Gasteiger partial charge in [-0.2, -0.15) is 5.10 Å². The van der Waals surface area contributed by atoms with Gasteiger partial charge in [-0.15, -0.1) is 0 Å². The molecule has 0 spiro atoms. The van der Waals surface area contributed by atoms with Crippen LogP contribution >= 0.6 is 0 Å². The van der Waals surface area contributed by atoms with Crippen LogP contribution in [0.3, 0.4) is 0 Å². The molecule has 0 bridgehead atoms. The minimum absolute atomic E-state index is 0.134. The molecule has 4 nitrogen and oxygen atoms in total. The van der Waals surface area contributed by atoms with Crippen molar-refractivity contribution in [3.63, 3.8) is 0 Å². The highest BCUT2D eigenvalue weighted by Crippen LogP contribution is 2.23. The Bertz CT molecular complexity index is 335. The third kappa shape index (κ3) is 1.47. The zero-order valence-electron chi connectivity index (χ0n) is 7.51. The van der Waals surface area contributed by atoms with E-state index in [0.717, 1.165) is 5.56 Å². The molecule has 3 N–H and O–H groups in total. The van der Waals surface area contributed by atoms with Crippen LogP contribution in [0.15, 0.2) is 11.0 Å². The maximum Gasteiger partial charge on any atom is 0.287 e. The van der Waals surface area contributed by atoms with Crippen LogP contribution in [0.1, 0.15) is 26.3 Å². The number of anilines is 1. The van der Waals surface area contributed by atoms with Crippen LogP contribution in [-0.2, 0) is 5.41 Å². The van der Waals surface area contributed by atoms with Crippen molar-refractivity contribution in [2.24, 2.45) is 0 Å². The summed E-state index contributed by atoms with van der Waals surface area (Å²) >= 11 is 0. The van der Waals surface area contributed by atoms with Crippen LogP contribution in [0.2, 0.25) is 0 Å². The summed E-state index contributed by atoms with van der Waals surface area (Å²) in [6.07, 6.45) is 1.59. The first-order valence-electron chi connectivity index (χ1n) is 3.76. The fourth-order valence-corrected chi connectivity index (χ4v) is 1.01. The zero-order valence-corrected chi connectivity index (χ0v) is 7.51. The summed E-state index contributed by atoms with van der Waals surface area (Å²) in [6, 6.07) is 0. The monoisotopic (exact) mass is 167 g/mol. The highest BCUT2D eigenvalue weighted by Gasteiger charge is 2.18. The number of H-pyrrole nitrogens is 1. The van der Waals surface area contributed by atoms with E-state index in [-0.39, 0.29) is 16.7 Å². The molecular formula is C8H13N3O. The largest absolute Gasteiger partial charge is 0.394 e. The highest BCUT2D eigenvalue weighted by atomic mass is 16.1. The van der Waals surface area contributed by atoms with E-state index in [1.807, 2.05) is 20.8 Å². The number of nitrogens with zero attached hydrogens (tertiary/aromatic N) is 1. The summed E-state index contributed by atoms with van der Waals surface area (Å²) in [7, 11) is 0. The van der Waals surface area contributed by atoms with Crippen LogP contribution in [0, 0.1) is 0 Å². The van der Waals surface area contributed by atoms with Gasteiger partial charge in [-0.1, -0.05) is 20.8 Å². The number of nitrogens with two attached hydrogens (primary N) is 1. The van der Waals surface area contributed by atoms with E-state index in [1.54, 1.807) is 6.20 Å². The van der Waals surface area contributed by atoms with E-state index in [4.69, 9.17) is 5.73 Å². The van der Waals surface area contributed by atoms with Crippen molar-refractivity contribution in [1.82, 2.24) is 10.2 Å². The van der Waals surface area contributed by atoms with Gasteiger partial charge in [0, 0.05) is 5.56 Å². The van der Waals surface area contributed by atoms with Crippen molar-refractivity contribution >= 4 is 5.69 Å². The van der Waals surface area contributed by atoms with E-state index in [0.29, 0.717) is 0 Å². The molecule has 1 aromatic heterocycles. The number of hydrogen-bond donors (Lipinski definition) is 2. The first-order chi connectivity index (χ1) is 5.43. The molecule has 1 heterocycles. The van der Waals surface area contributed by atoms with Gasteiger partial charge in [0.1, 0.15) is 5.69 Å². The van der Waals surface area contributed by atoms with E-state index in [2.05, 4.69) is 10.2 Å². The summed E-state index contributed by atoms with van der Waals surface area (Å²) in [4.78, 5) is 11.0. The molecule has 12 heavy (non-hydrogen) atoms. The van der Waals surface area contributed by atoms with E-state index < -0.39 is 0 Å². The fraction of sp³-hybridized carbons (Fsp3) is 0.500. The molecule has 0 atom stereocenters. The molecule has 0 aliphatic rings. The smallest absolute Gasteiger partial charge is 0.287 e. The number of hydrogen-bond acceptors (Lipinski definition) is 3. The fourth-order valence-electron chi connectivity index (χ4n) is 1.01.